The zero-order valence-corrected chi connectivity index (χ0v) is 7.08. The first-order chi connectivity index (χ1) is 7.45. The summed E-state index contributed by atoms with van der Waals surface area (Å²) in [5.74, 6) is 0.793. The summed E-state index contributed by atoms with van der Waals surface area (Å²) in [4.78, 5) is 0. The lowest BCUT2D eigenvalue weighted by Crippen LogP contribution is -1.88. The number of nitrogens with one attached hydrogen (secondary N) is 3. The predicted molar refractivity (Wildman–Crippen MR) is 42.7 cm³/mol. The highest BCUT2D eigenvalue weighted by Crippen LogP contribution is 2.20. The molecule has 74 valence electrons. The Bertz CT molecular complexity index is 482. The minimum Gasteiger partial charge on any atom is -0.253 e. The molecule has 11 heteroatoms. The van der Waals surface area contributed by atoms with Crippen LogP contribution in [0.1, 0.15) is 0 Å². The normalized spacial score (nSPS) is 10.7. The molecule has 0 bridgehead atoms. The van der Waals surface area contributed by atoms with E-state index in [0.29, 0.717) is 23.0 Å². The van der Waals surface area contributed by atoms with Crippen LogP contribution in [0.15, 0.2) is 0 Å². The Labute approximate surface area is 80.7 Å². The Morgan fingerprint density at radius 2 is 1.40 bits per heavy atom. The Morgan fingerprint density at radius 1 is 0.667 bits per heavy atom. The fourth-order valence-corrected chi connectivity index (χ4v) is 1.08. The van der Waals surface area contributed by atoms with Gasteiger partial charge in [-0.15, -0.1) is 15.3 Å². The fourth-order valence-electron chi connectivity index (χ4n) is 1.08. The lowest BCUT2D eigenvalue weighted by molar-refractivity contribution is 0.881. The van der Waals surface area contributed by atoms with E-state index in [1.165, 1.54) is 0 Å². The summed E-state index contributed by atoms with van der Waals surface area (Å²) in [6.45, 7) is 0. The van der Waals surface area contributed by atoms with Crippen LogP contribution in [0.3, 0.4) is 0 Å². The van der Waals surface area contributed by atoms with Gasteiger partial charge in [-0.2, -0.15) is 0 Å². The molecule has 3 aromatic heterocycles. The van der Waals surface area contributed by atoms with Crippen LogP contribution in [0.2, 0.25) is 0 Å². The summed E-state index contributed by atoms with van der Waals surface area (Å²) in [5, 5.41) is 36.4. The first-order valence-electron chi connectivity index (χ1n) is 3.84. The van der Waals surface area contributed by atoms with Crippen molar-refractivity contribution < 1.29 is 0 Å². The van der Waals surface area contributed by atoms with E-state index in [-0.39, 0.29) is 0 Å². The molecule has 3 N–H and O–H groups in total. The van der Waals surface area contributed by atoms with Gasteiger partial charge in [0, 0.05) is 0 Å². The third kappa shape index (κ3) is 1.13. The van der Waals surface area contributed by atoms with E-state index < -0.39 is 0 Å². The van der Waals surface area contributed by atoms with Gasteiger partial charge in [0.2, 0.25) is 5.82 Å². The van der Waals surface area contributed by atoms with Crippen LogP contribution >= 0.6 is 0 Å². The number of aromatic nitrogens is 11. The van der Waals surface area contributed by atoms with Crippen LogP contribution in [0.4, 0.5) is 0 Å². The lowest BCUT2D eigenvalue weighted by Gasteiger charge is -1.90. The van der Waals surface area contributed by atoms with Crippen molar-refractivity contribution >= 4 is 0 Å². The highest BCUT2D eigenvalue weighted by atomic mass is 15.5. The Balaban J connectivity index is 2.15. The van der Waals surface area contributed by atoms with E-state index in [2.05, 4.69) is 56.7 Å². The number of nitrogens with zero attached hydrogens (tertiary/aromatic N) is 8. The number of tetrazole rings is 2. The van der Waals surface area contributed by atoms with Crippen molar-refractivity contribution in [1.29, 1.82) is 0 Å². The Morgan fingerprint density at radius 3 is 2.07 bits per heavy atom. The molecule has 0 saturated carbocycles. The average Bonchev–Trinajstić information content (AvgIpc) is 3.01. The largest absolute Gasteiger partial charge is 0.253 e. The van der Waals surface area contributed by atoms with E-state index >= 15 is 0 Å². The minimum atomic E-state index is 0.384. The van der Waals surface area contributed by atoms with E-state index in [0.717, 1.165) is 0 Å². The summed E-state index contributed by atoms with van der Waals surface area (Å²) in [5.41, 5.74) is 0.956. The predicted octanol–water partition coefficient (Wildman–Crippen LogP) is -1.84. The van der Waals surface area contributed by atoms with Gasteiger partial charge in [0.15, 0.2) is 11.5 Å². The molecule has 0 saturated heterocycles. The smallest absolute Gasteiger partial charge is 0.202 e. The van der Waals surface area contributed by atoms with Crippen LogP contribution in [-0.4, -0.2) is 56.7 Å². The quantitative estimate of drug-likeness (QED) is 0.441. The van der Waals surface area contributed by atoms with Gasteiger partial charge in [-0.05, 0) is 20.9 Å². The second-order valence-corrected chi connectivity index (χ2v) is 2.54. The third-order valence-electron chi connectivity index (χ3n) is 1.70. The lowest BCUT2D eigenvalue weighted by atomic mass is 10.3. The summed E-state index contributed by atoms with van der Waals surface area (Å²) in [6.07, 6.45) is 0. The number of rotatable bonds is 2. The van der Waals surface area contributed by atoms with Gasteiger partial charge in [0.25, 0.3) is 0 Å². The highest BCUT2D eigenvalue weighted by Gasteiger charge is 2.17. The van der Waals surface area contributed by atoms with Crippen LogP contribution < -0.4 is 0 Å². The summed E-state index contributed by atoms with van der Waals surface area (Å²) in [7, 11) is 0. The Kier molecular flexibility index (Phi) is 1.48. The van der Waals surface area contributed by atoms with Crippen LogP contribution in [0.25, 0.3) is 23.0 Å². The molecule has 0 amide bonds. The van der Waals surface area contributed by atoms with Gasteiger partial charge in [0.05, 0.1) is 0 Å². The molecule has 11 nitrogen and oxygen atoms in total. The van der Waals surface area contributed by atoms with Crippen molar-refractivity contribution in [3.63, 3.8) is 0 Å². The average molecular weight is 205 g/mol. The molecule has 0 unspecified atom stereocenters. The highest BCUT2D eigenvalue weighted by molar-refractivity contribution is 5.68. The van der Waals surface area contributed by atoms with Gasteiger partial charge in [0.1, 0.15) is 5.69 Å². The molecule has 0 aliphatic rings. The first-order valence-corrected chi connectivity index (χ1v) is 3.84. The zero-order valence-electron chi connectivity index (χ0n) is 7.08. The minimum absolute atomic E-state index is 0.384. The van der Waals surface area contributed by atoms with Crippen molar-refractivity contribution in [2.75, 3.05) is 0 Å². The topological polar surface area (TPSA) is 150 Å². The van der Waals surface area contributed by atoms with Crippen molar-refractivity contribution in [3.05, 3.63) is 0 Å². The van der Waals surface area contributed by atoms with E-state index in [4.69, 9.17) is 0 Å². The first kappa shape index (κ1) is 7.66. The Hall–Kier alpha value is -2.72. The number of hydrogen-bond donors (Lipinski definition) is 3. The molecule has 0 aliphatic carbocycles. The van der Waals surface area contributed by atoms with Gasteiger partial charge < -0.3 is 0 Å². The molecule has 3 heterocycles. The molecule has 0 spiro atoms. The second-order valence-electron chi connectivity index (χ2n) is 2.54. The molecular weight excluding hydrogens is 202 g/mol. The van der Waals surface area contributed by atoms with E-state index in [1.807, 2.05) is 0 Å². The van der Waals surface area contributed by atoms with Crippen LogP contribution in [0.5, 0.6) is 0 Å². The van der Waals surface area contributed by atoms with Gasteiger partial charge in [-0.1, -0.05) is 5.21 Å². The third-order valence-corrected chi connectivity index (χ3v) is 1.70. The van der Waals surface area contributed by atoms with Crippen LogP contribution in [-0.2, 0) is 0 Å². The van der Waals surface area contributed by atoms with E-state index in [1.54, 1.807) is 0 Å². The summed E-state index contributed by atoms with van der Waals surface area (Å²) >= 11 is 0. The number of H-pyrrole nitrogens is 3. The van der Waals surface area contributed by atoms with Crippen molar-refractivity contribution in [3.8, 4) is 23.0 Å². The molecule has 0 radical (unpaired) electrons. The second kappa shape index (κ2) is 2.90. The zero-order chi connectivity index (χ0) is 10.1. The molecule has 3 aromatic rings. The molecule has 0 aromatic carbocycles. The van der Waals surface area contributed by atoms with Crippen LogP contribution in [0, 0.1) is 0 Å². The van der Waals surface area contributed by atoms with Gasteiger partial charge in [-0.3, -0.25) is 5.10 Å². The monoisotopic (exact) mass is 205 g/mol. The maximum Gasteiger partial charge on any atom is 0.202 e. The maximum absolute atomic E-state index is 3.82. The summed E-state index contributed by atoms with van der Waals surface area (Å²) in [6, 6.07) is 0. The number of aromatic amines is 3. The molecule has 15 heavy (non-hydrogen) atoms. The molecule has 0 aliphatic heterocycles. The standard InChI is InChI=1S/C4H3N11/c5-1(3-7-12-13-8-3)2(6-11-5)4-9-14-15-10-4/h(H,5,6,11)(H,7,8,12,13)(H,9,10,14,15). The SMILES string of the molecule is n1n[nH]c(-c2nn[nH]c2-c2nnn[nH]2)n1. The van der Waals surface area contributed by atoms with Crippen molar-refractivity contribution in [1.82, 2.24) is 56.7 Å². The molecule has 0 atom stereocenters. The molecule has 3 rings (SSSR count). The molecule has 0 fully saturated rings. The summed E-state index contributed by atoms with van der Waals surface area (Å²) < 4.78 is 0. The van der Waals surface area contributed by atoms with Crippen molar-refractivity contribution in [2.45, 2.75) is 0 Å². The van der Waals surface area contributed by atoms with E-state index in [9.17, 15) is 0 Å². The van der Waals surface area contributed by atoms with Crippen molar-refractivity contribution in [2.24, 2.45) is 0 Å². The van der Waals surface area contributed by atoms with Gasteiger partial charge in [-0.25, -0.2) is 10.2 Å². The fraction of sp³-hybridized carbons (Fsp3) is 0. The molecular formula is C4H3N11. The van der Waals surface area contributed by atoms with Gasteiger partial charge >= 0.3 is 0 Å². The maximum atomic E-state index is 3.82. The number of hydrogen-bond acceptors (Lipinski definition) is 8.